The zero-order valence-electron chi connectivity index (χ0n) is 9.61. The van der Waals surface area contributed by atoms with E-state index in [4.69, 9.17) is 0 Å². The molecule has 1 aromatic heterocycles. The Bertz CT molecular complexity index is 373. The maximum Gasteiger partial charge on any atom is 0.256 e. The molecule has 0 aliphatic heterocycles. The first kappa shape index (κ1) is 13.0. The highest BCUT2D eigenvalue weighted by Crippen LogP contribution is 2.11. The fourth-order valence-corrected chi connectivity index (χ4v) is 2.00. The van der Waals surface area contributed by atoms with Crippen molar-refractivity contribution in [1.82, 2.24) is 9.88 Å². The lowest BCUT2D eigenvalue weighted by Crippen LogP contribution is -2.37. The van der Waals surface area contributed by atoms with Crippen LogP contribution in [0.2, 0.25) is 0 Å². The summed E-state index contributed by atoms with van der Waals surface area (Å²) in [5, 5.41) is 0. The van der Waals surface area contributed by atoms with Crippen molar-refractivity contribution < 1.29 is 9.18 Å². The Hall–Kier alpha value is -1.10. The van der Waals surface area contributed by atoms with E-state index in [0.29, 0.717) is 0 Å². The number of hydrogen-bond donors (Lipinski definition) is 0. The van der Waals surface area contributed by atoms with Gasteiger partial charge in [0.05, 0.1) is 11.8 Å². The summed E-state index contributed by atoms with van der Waals surface area (Å²) in [5.74, 6) is -0.0493. The Balaban J connectivity index is 2.82. The highest BCUT2D eigenvalue weighted by Gasteiger charge is 2.19. The lowest BCUT2D eigenvalue weighted by molar-refractivity contribution is 0.0752. The van der Waals surface area contributed by atoms with E-state index in [2.05, 4.69) is 4.98 Å². The first-order chi connectivity index (χ1) is 7.57. The van der Waals surface area contributed by atoms with Gasteiger partial charge >= 0.3 is 0 Å². The lowest BCUT2D eigenvalue weighted by Gasteiger charge is -2.24. The average Bonchev–Trinajstić information content (AvgIpc) is 2.28. The first-order valence-electron chi connectivity index (χ1n) is 4.93. The van der Waals surface area contributed by atoms with Gasteiger partial charge in [-0.1, -0.05) is 0 Å². The molecule has 5 heteroatoms. The van der Waals surface area contributed by atoms with Gasteiger partial charge in [0.1, 0.15) is 0 Å². The summed E-state index contributed by atoms with van der Waals surface area (Å²) in [6, 6.07) is 1.48. The summed E-state index contributed by atoms with van der Waals surface area (Å²) < 4.78 is 13.3. The molecule has 1 rings (SSSR count). The van der Waals surface area contributed by atoms with E-state index in [1.165, 1.54) is 12.3 Å². The van der Waals surface area contributed by atoms with Crippen LogP contribution in [0.15, 0.2) is 18.5 Å². The summed E-state index contributed by atoms with van der Waals surface area (Å²) in [6.45, 7) is 1.94. The molecule has 1 heterocycles. The Morgan fingerprint density at radius 2 is 2.38 bits per heavy atom. The maximum atomic E-state index is 13.3. The minimum absolute atomic E-state index is 0.0745. The smallest absolute Gasteiger partial charge is 0.256 e. The third-order valence-corrected chi connectivity index (χ3v) is 3.21. The number of carbonyl (C=O) groups excluding carboxylic acids is 1. The van der Waals surface area contributed by atoms with Crippen LogP contribution in [0.1, 0.15) is 17.3 Å². The molecule has 1 unspecified atom stereocenters. The Morgan fingerprint density at radius 3 is 2.94 bits per heavy atom. The molecular weight excluding hydrogens is 227 g/mol. The van der Waals surface area contributed by atoms with Crippen molar-refractivity contribution in [2.75, 3.05) is 19.1 Å². The highest BCUT2D eigenvalue weighted by molar-refractivity contribution is 7.98. The molecule has 16 heavy (non-hydrogen) atoms. The number of rotatable bonds is 4. The minimum Gasteiger partial charge on any atom is -0.338 e. The largest absolute Gasteiger partial charge is 0.338 e. The molecule has 0 saturated heterocycles. The maximum absolute atomic E-state index is 13.3. The number of pyridine rings is 1. The van der Waals surface area contributed by atoms with Crippen LogP contribution in [0.4, 0.5) is 4.39 Å². The zero-order valence-corrected chi connectivity index (χ0v) is 10.4. The summed E-state index contributed by atoms with van der Waals surface area (Å²) in [5.41, 5.74) is 0.0745. The van der Waals surface area contributed by atoms with E-state index in [1.54, 1.807) is 23.7 Å². The van der Waals surface area contributed by atoms with Crippen molar-refractivity contribution in [2.45, 2.75) is 13.0 Å². The lowest BCUT2D eigenvalue weighted by atomic mass is 10.2. The Labute approximate surface area is 99.1 Å². The second kappa shape index (κ2) is 5.84. The molecule has 0 aliphatic rings. The SMILES string of the molecule is CSCC(C)N(C)C(=O)c1ccncc1F. The van der Waals surface area contributed by atoms with Gasteiger partial charge in [0.25, 0.3) is 5.91 Å². The van der Waals surface area contributed by atoms with Gasteiger partial charge in [0.15, 0.2) is 5.82 Å². The molecule has 3 nitrogen and oxygen atoms in total. The fraction of sp³-hybridized carbons (Fsp3) is 0.455. The predicted molar refractivity (Wildman–Crippen MR) is 64.1 cm³/mol. The van der Waals surface area contributed by atoms with Crippen molar-refractivity contribution in [3.8, 4) is 0 Å². The van der Waals surface area contributed by atoms with Gasteiger partial charge < -0.3 is 4.90 Å². The number of aromatic nitrogens is 1. The number of amides is 1. The van der Waals surface area contributed by atoms with Crippen molar-refractivity contribution in [3.05, 3.63) is 29.8 Å². The molecule has 88 valence electrons. The van der Waals surface area contributed by atoms with Crippen LogP contribution in [0, 0.1) is 5.82 Å². The van der Waals surface area contributed by atoms with Gasteiger partial charge in [-0.3, -0.25) is 9.78 Å². The van der Waals surface area contributed by atoms with E-state index in [-0.39, 0.29) is 17.5 Å². The van der Waals surface area contributed by atoms with Crippen molar-refractivity contribution in [3.63, 3.8) is 0 Å². The molecule has 0 radical (unpaired) electrons. The van der Waals surface area contributed by atoms with Crippen LogP contribution in [0.5, 0.6) is 0 Å². The fourth-order valence-electron chi connectivity index (χ4n) is 1.29. The quantitative estimate of drug-likeness (QED) is 0.810. The highest BCUT2D eigenvalue weighted by atomic mass is 32.2. The molecule has 0 saturated carbocycles. The third-order valence-electron chi connectivity index (χ3n) is 2.39. The van der Waals surface area contributed by atoms with Crippen LogP contribution < -0.4 is 0 Å². The van der Waals surface area contributed by atoms with Crippen molar-refractivity contribution in [1.29, 1.82) is 0 Å². The topological polar surface area (TPSA) is 33.2 Å². The van der Waals surface area contributed by atoms with Crippen LogP contribution >= 0.6 is 11.8 Å². The molecule has 0 N–H and O–H groups in total. The number of thioether (sulfide) groups is 1. The van der Waals surface area contributed by atoms with Crippen molar-refractivity contribution in [2.24, 2.45) is 0 Å². The molecule has 1 atom stereocenters. The van der Waals surface area contributed by atoms with Gasteiger partial charge in [0, 0.05) is 25.0 Å². The molecule has 0 aliphatic carbocycles. The van der Waals surface area contributed by atoms with Crippen LogP contribution in [0.3, 0.4) is 0 Å². The van der Waals surface area contributed by atoms with Crippen LogP contribution in [0.25, 0.3) is 0 Å². The number of nitrogens with zero attached hydrogens (tertiary/aromatic N) is 2. The minimum atomic E-state index is -0.573. The van der Waals surface area contributed by atoms with Crippen LogP contribution in [-0.4, -0.2) is 40.9 Å². The monoisotopic (exact) mass is 242 g/mol. The molecule has 0 bridgehead atoms. The standard InChI is InChI=1S/C11H15FN2OS/c1-8(7-16-3)14(2)11(15)9-4-5-13-6-10(9)12/h4-6,8H,7H2,1-3H3. The summed E-state index contributed by atoms with van der Waals surface area (Å²) in [4.78, 5) is 17.1. The molecular formula is C11H15FN2OS. The van der Waals surface area contributed by atoms with E-state index >= 15 is 0 Å². The number of carbonyl (C=O) groups is 1. The zero-order chi connectivity index (χ0) is 12.1. The normalized spacial score (nSPS) is 12.2. The van der Waals surface area contributed by atoms with E-state index in [1.807, 2.05) is 13.2 Å². The Kier molecular flexibility index (Phi) is 4.73. The predicted octanol–water partition coefficient (Wildman–Crippen LogP) is 2.04. The van der Waals surface area contributed by atoms with Gasteiger partial charge in [-0.2, -0.15) is 11.8 Å². The van der Waals surface area contributed by atoms with Gasteiger partial charge in [-0.15, -0.1) is 0 Å². The van der Waals surface area contributed by atoms with Gasteiger partial charge in [-0.05, 0) is 19.2 Å². The first-order valence-corrected chi connectivity index (χ1v) is 6.33. The molecule has 0 aromatic carbocycles. The second-order valence-corrected chi connectivity index (χ2v) is 4.49. The summed E-state index contributed by atoms with van der Waals surface area (Å²) in [6.07, 6.45) is 4.45. The van der Waals surface area contributed by atoms with Crippen LogP contribution in [-0.2, 0) is 0 Å². The van der Waals surface area contributed by atoms with E-state index in [9.17, 15) is 9.18 Å². The molecule has 1 amide bonds. The number of hydrogen-bond acceptors (Lipinski definition) is 3. The average molecular weight is 242 g/mol. The third kappa shape index (κ3) is 2.95. The van der Waals surface area contributed by atoms with Crippen molar-refractivity contribution >= 4 is 17.7 Å². The summed E-state index contributed by atoms with van der Waals surface area (Å²) >= 11 is 1.65. The van der Waals surface area contributed by atoms with E-state index in [0.717, 1.165) is 11.9 Å². The second-order valence-electron chi connectivity index (χ2n) is 3.58. The Morgan fingerprint density at radius 1 is 1.69 bits per heavy atom. The summed E-state index contributed by atoms with van der Waals surface area (Å²) in [7, 11) is 1.68. The van der Waals surface area contributed by atoms with Gasteiger partial charge in [0.2, 0.25) is 0 Å². The number of halogens is 1. The molecule has 0 fully saturated rings. The molecule has 1 aromatic rings. The van der Waals surface area contributed by atoms with Gasteiger partial charge in [-0.25, -0.2) is 4.39 Å². The van der Waals surface area contributed by atoms with E-state index < -0.39 is 5.82 Å². The molecule has 0 spiro atoms.